The Labute approximate surface area is 163 Å². The average Bonchev–Trinajstić information content (AvgIpc) is 2.56. The summed E-state index contributed by atoms with van der Waals surface area (Å²) >= 11 is 1.73. The second kappa shape index (κ2) is 6.29. The van der Waals surface area contributed by atoms with Crippen molar-refractivity contribution in [1.82, 2.24) is 12.7 Å². The Morgan fingerprint density at radius 3 is 2.73 bits per heavy atom. The van der Waals surface area contributed by atoms with Gasteiger partial charge in [-0.3, -0.25) is 0 Å². The fourth-order valence-corrected chi connectivity index (χ4v) is 4.80. The van der Waals surface area contributed by atoms with Crippen molar-refractivity contribution in [3.05, 3.63) is 27.7 Å². The van der Waals surface area contributed by atoms with Crippen molar-refractivity contribution in [3.63, 3.8) is 0 Å². The molecule has 2 aliphatic heterocycles. The number of hydrogen-bond acceptors (Lipinski definition) is 5. The van der Waals surface area contributed by atoms with Gasteiger partial charge in [-0.2, -0.15) is 4.98 Å². The molecule has 6 nitrogen and oxygen atoms in total. The lowest BCUT2D eigenvalue weighted by Crippen LogP contribution is -2.58. The molecule has 1 aromatic carbocycles. The predicted octanol–water partition coefficient (Wildman–Crippen LogP) is 2.51. The highest BCUT2D eigenvalue weighted by Gasteiger charge is 2.36. The van der Waals surface area contributed by atoms with Crippen LogP contribution in [-0.2, 0) is 0 Å². The number of aromatic nitrogens is 2. The van der Waals surface area contributed by atoms with Crippen molar-refractivity contribution in [2.24, 2.45) is 0 Å². The van der Waals surface area contributed by atoms with Gasteiger partial charge >= 0.3 is 5.69 Å². The molecular weight excluding hydrogens is 455 g/mol. The van der Waals surface area contributed by atoms with Gasteiger partial charge in [-0.25, -0.2) is 16.4 Å². The van der Waals surface area contributed by atoms with E-state index in [1.54, 1.807) is 22.9 Å². The van der Waals surface area contributed by atoms with E-state index in [9.17, 15) is 13.6 Å². The lowest BCUT2D eigenvalue weighted by Gasteiger charge is -2.46. The van der Waals surface area contributed by atoms with E-state index in [0.29, 0.717) is 17.7 Å². The maximum absolute atomic E-state index is 15.0. The molecule has 1 saturated heterocycles. The minimum atomic E-state index is -0.711. The zero-order valence-corrected chi connectivity index (χ0v) is 17.0. The first kappa shape index (κ1) is 17.9. The molecule has 2 aromatic rings. The molecule has 0 spiro atoms. The number of nitrogens with zero attached hydrogens (tertiary/aromatic N) is 4. The zero-order chi connectivity index (χ0) is 18.7. The number of nitrogens with one attached hydrogen (secondary N) is 1. The Kier molecular flexibility index (Phi) is 4.33. The van der Waals surface area contributed by atoms with Crippen molar-refractivity contribution in [2.45, 2.75) is 32.4 Å². The Morgan fingerprint density at radius 1 is 1.27 bits per heavy atom. The summed E-state index contributed by atoms with van der Waals surface area (Å²) < 4.78 is 31.0. The van der Waals surface area contributed by atoms with Gasteiger partial charge in [0.15, 0.2) is 11.6 Å². The molecule has 0 amide bonds. The van der Waals surface area contributed by atoms with Crippen LogP contribution in [0.5, 0.6) is 0 Å². The third-order valence-corrected chi connectivity index (χ3v) is 6.25. The number of piperazine rings is 1. The van der Waals surface area contributed by atoms with Crippen molar-refractivity contribution >= 4 is 45.3 Å². The van der Waals surface area contributed by atoms with Crippen molar-refractivity contribution in [2.75, 3.05) is 36.9 Å². The van der Waals surface area contributed by atoms with Crippen LogP contribution in [0.4, 0.5) is 20.3 Å². The number of likely N-dealkylation sites (N-methyl/N-ethyl adjacent to an activating group) is 1. The predicted molar refractivity (Wildman–Crippen MR) is 106 cm³/mol. The molecule has 0 saturated carbocycles. The van der Waals surface area contributed by atoms with E-state index in [-0.39, 0.29) is 28.9 Å². The van der Waals surface area contributed by atoms with E-state index >= 15 is 0 Å². The Morgan fingerprint density at radius 2 is 2.00 bits per heavy atom. The van der Waals surface area contributed by atoms with E-state index in [2.05, 4.69) is 34.1 Å². The summed E-state index contributed by atoms with van der Waals surface area (Å²) in [7, 11) is 2.06. The SMILES string of the molecule is Cc1c(F)c2c3c(nc(=O)n(I)c3c1F)N1C(C)CN(C)CC1CCN2. The third-order valence-electron chi connectivity index (χ3n) is 5.35. The Bertz CT molecular complexity index is 963. The number of benzene rings is 1. The number of halogens is 3. The molecule has 0 aliphatic carbocycles. The second-order valence-electron chi connectivity index (χ2n) is 7.20. The van der Waals surface area contributed by atoms with Gasteiger partial charge < -0.3 is 15.1 Å². The number of anilines is 2. The molecule has 26 heavy (non-hydrogen) atoms. The average molecular weight is 475 g/mol. The first-order chi connectivity index (χ1) is 12.3. The van der Waals surface area contributed by atoms with Gasteiger partial charge in [0.05, 0.1) is 33.9 Å². The summed E-state index contributed by atoms with van der Waals surface area (Å²) in [4.78, 5) is 21.0. The van der Waals surface area contributed by atoms with Crippen LogP contribution in [-0.4, -0.2) is 51.4 Å². The van der Waals surface area contributed by atoms with Crippen LogP contribution in [0.25, 0.3) is 10.9 Å². The Balaban J connectivity index is 2.12. The minimum absolute atomic E-state index is 0.0808. The highest BCUT2D eigenvalue weighted by atomic mass is 127. The fourth-order valence-electron chi connectivity index (χ4n) is 4.24. The van der Waals surface area contributed by atoms with Crippen molar-refractivity contribution in [3.8, 4) is 0 Å². The number of fused-ring (bicyclic) bond motifs is 2. The summed E-state index contributed by atoms with van der Waals surface area (Å²) in [5.74, 6) is -0.950. The van der Waals surface area contributed by atoms with Crippen molar-refractivity contribution in [1.29, 1.82) is 0 Å². The van der Waals surface area contributed by atoms with Crippen LogP contribution in [0.15, 0.2) is 4.79 Å². The molecule has 1 aromatic heterocycles. The van der Waals surface area contributed by atoms with Crippen LogP contribution in [0, 0.1) is 18.6 Å². The molecule has 0 radical (unpaired) electrons. The van der Waals surface area contributed by atoms with Crippen LogP contribution in [0.1, 0.15) is 18.9 Å². The molecule has 2 aliphatic rings. The summed E-state index contributed by atoms with van der Waals surface area (Å²) in [6.07, 6.45) is 0.778. The Hall–Kier alpha value is -1.49. The summed E-state index contributed by atoms with van der Waals surface area (Å²) in [6, 6.07) is 0.203. The standard InChI is InChI=1S/C17H20F2IN5O/c1-8-6-23(3)7-10-4-5-21-14-11-15(13(19)9(2)12(14)18)25(20)17(26)22-16(11)24(8)10/h8,10,21H,4-7H2,1-3H3. The third kappa shape index (κ3) is 2.50. The summed E-state index contributed by atoms with van der Waals surface area (Å²) in [5, 5.41) is 3.48. The first-order valence-electron chi connectivity index (χ1n) is 8.62. The highest BCUT2D eigenvalue weighted by Crippen LogP contribution is 2.40. The van der Waals surface area contributed by atoms with E-state index < -0.39 is 17.3 Å². The molecule has 9 heteroatoms. The maximum atomic E-state index is 15.0. The molecule has 140 valence electrons. The molecule has 1 N–H and O–H groups in total. The molecule has 2 atom stereocenters. The molecule has 3 heterocycles. The summed E-state index contributed by atoms with van der Waals surface area (Å²) in [6.45, 7) is 5.63. The van der Waals surface area contributed by atoms with Crippen LogP contribution in [0.3, 0.4) is 0 Å². The van der Waals surface area contributed by atoms with Gasteiger partial charge in [0, 0.05) is 37.3 Å². The van der Waals surface area contributed by atoms with E-state index in [1.165, 1.54) is 6.92 Å². The van der Waals surface area contributed by atoms with E-state index in [1.807, 2.05) is 0 Å². The smallest absolute Gasteiger partial charge is 0.359 e. The van der Waals surface area contributed by atoms with Gasteiger partial charge in [0.2, 0.25) is 0 Å². The van der Waals surface area contributed by atoms with Crippen LogP contribution >= 0.6 is 22.9 Å². The summed E-state index contributed by atoms with van der Waals surface area (Å²) in [5.41, 5.74) is -0.315. The largest absolute Gasteiger partial charge is 0.382 e. The molecule has 4 rings (SSSR count). The zero-order valence-electron chi connectivity index (χ0n) is 14.8. The molecular formula is C17H20F2IN5O. The normalized spacial score (nSPS) is 23.4. The van der Waals surface area contributed by atoms with Gasteiger partial charge in [0.1, 0.15) is 11.3 Å². The van der Waals surface area contributed by atoms with E-state index in [0.717, 1.165) is 22.3 Å². The fraction of sp³-hybridized carbons (Fsp3) is 0.529. The van der Waals surface area contributed by atoms with Crippen LogP contribution < -0.4 is 15.9 Å². The van der Waals surface area contributed by atoms with Gasteiger partial charge in [-0.15, -0.1) is 0 Å². The van der Waals surface area contributed by atoms with Gasteiger partial charge in [-0.05, 0) is 27.3 Å². The topological polar surface area (TPSA) is 53.4 Å². The molecule has 1 fully saturated rings. The first-order valence-corrected chi connectivity index (χ1v) is 9.59. The number of rotatable bonds is 0. The second-order valence-corrected chi connectivity index (χ2v) is 8.16. The molecule has 0 bridgehead atoms. The lowest BCUT2D eigenvalue weighted by atomic mass is 9.99. The monoisotopic (exact) mass is 475 g/mol. The lowest BCUT2D eigenvalue weighted by molar-refractivity contribution is 0.227. The highest BCUT2D eigenvalue weighted by molar-refractivity contribution is 14.1. The van der Waals surface area contributed by atoms with Crippen molar-refractivity contribution < 1.29 is 8.78 Å². The number of hydrogen-bond donors (Lipinski definition) is 1. The maximum Gasteiger partial charge on any atom is 0.359 e. The molecule has 2 unspecified atom stereocenters. The van der Waals surface area contributed by atoms with Gasteiger partial charge in [-0.1, -0.05) is 0 Å². The minimum Gasteiger partial charge on any atom is -0.382 e. The van der Waals surface area contributed by atoms with Crippen LogP contribution in [0.2, 0.25) is 0 Å². The quantitative estimate of drug-likeness (QED) is 0.594. The van der Waals surface area contributed by atoms with Gasteiger partial charge in [0.25, 0.3) is 0 Å². The van der Waals surface area contributed by atoms with E-state index in [4.69, 9.17) is 0 Å².